The number of esters is 1. The normalized spacial score (nSPS) is 10.4. The molecule has 0 unspecified atom stereocenters. The number of benzene rings is 2. The van der Waals surface area contributed by atoms with Crippen molar-refractivity contribution in [1.29, 1.82) is 0 Å². The summed E-state index contributed by atoms with van der Waals surface area (Å²) in [7, 11) is 1.32. The van der Waals surface area contributed by atoms with Gasteiger partial charge in [-0.05, 0) is 43.3 Å². The highest BCUT2D eigenvalue weighted by molar-refractivity contribution is 9.10. The Hall–Kier alpha value is -2.51. The van der Waals surface area contributed by atoms with E-state index < -0.39 is 5.97 Å². The fraction of sp³-hybridized carbons (Fsp3) is 0.105. The molecule has 3 rings (SSSR count). The summed E-state index contributed by atoms with van der Waals surface area (Å²) in [5.74, 6) is -0.718. The maximum Gasteiger partial charge on any atom is 0.337 e. The monoisotopic (exact) mass is 430 g/mol. The molecule has 2 aromatic carbocycles. The first-order valence-corrected chi connectivity index (χ1v) is 9.32. The Kier molecular flexibility index (Phi) is 5.49. The predicted molar refractivity (Wildman–Crippen MR) is 106 cm³/mol. The standard InChI is InChI=1S/C19H15BrN2O3S/c1-11-16(12-7-9-15(20)10-8-12)21-19(26-11)22-17(23)13-3-5-14(6-4-13)18(24)25-2/h3-10H,1-2H3,(H,21,22,23). The molecule has 0 atom stereocenters. The topological polar surface area (TPSA) is 68.3 Å². The largest absolute Gasteiger partial charge is 0.465 e. The van der Waals surface area contributed by atoms with Crippen LogP contribution < -0.4 is 5.32 Å². The van der Waals surface area contributed by atoms with E-state index in [2.05, 4.69) is 31.0 Å². The Morgan fingerprint density at radius 2 is 1.65 bits per heavy atom. The molecule has 7 heteroatoms. The van der Waals surface area contributed by atoms with Crippen molar-refractivity contribution in [2.45, 2.75) is 6.92 Å². The molecule has 1 N–H and O–H groups in total. The van der Waals surface area contributed by atoms with Crippen molar-refractivity contribution in [2.75, 3.05) is 12.4 Å². The van der Waals surface area contributed by atoms with Gasteiger partial charge in [0.1, 0.15) is 0 Å². The number of thiazole rings is 1. The number of ether oxygens (including phenoxy) is 1. The van der Waals surface area contributed by atoms with Gasteiger partial charge in [-0.1, -0.05) is 28.1 Å². The number of aromatic nitrogens is 1. The molecule has 132 valence electrons. The Bertz CT molecular complexity index is 950. The Labute approximate surface area is 163 Å². The highest BCUT2D eigenvalue weighted by atomic mass is 79.9. The van der Waals surface area contributed by atoms with E-state index in [-0.39, 0.29) is 5.91 Å². The quantitative estimate of drug-likeness (QED) is 0.596. The molecule has 0 saturated carbocycles. The lowest BCUT2D eigenvalue weighted by Gasteiger charge is -2.03. The molecular weight excluding hydrogens is 416 g/mol. The van der Waals surface area contributed by atoms with Crippen LogP contribution in [-0.2, 0) is 4.74 Å². The molecule has 0 spiro atoms. The van der Waals surface area contributed by atoms with Gasteiger partial charge in [-0.25, -0.2) is 9.78 Å². The van der Waals surface area contributed by atoms with Crippen molar-refractivity contribution in [2.24, 2.45) is 0 Å². The molecule has 0 bridgehead atoms. The fourth-order valence-corrected chi connectivity index (χ4v) is 3.47. The van der Waals surface area contributed by atoms with Crippen LogP contribution in [0.1, 0.15) is 25.6 Å². The highest BCUT2D eigenvalue weighted by Crippen LogP contribution is 2.31. The van der Waals surface area contributed by atoms with Crippen LogP contribution in [0, 0.1) is 6.92 Å². The van der Waals surface area contributed by atoms with Gasteiger partial charge in [-0.2, -0.15) is 0 Å². The first-order valence-electron chi connectivity index (χ1n) is 7.71. The average molecular weight is 431 g/mol. The molecule has 0 radical (unpaired) electrons. The maximum atomic E-state index is 12.4. The molecule has 0 aliphatic heterocycles. The van der Waals surface area contributed by atoms with Crippen molar-refractivity contribution in [3.05, 3.63) is 69.0 Å². The SMILES string of the molecule is COC(=O)c1ccc(C(=O)Nc2nc(-c3ccc(Br)cc3)c(C)s2)cc1. The summed E-state index contributed by atoms with van der Waals surface area (Å²) in [6.07, 6.45) is 0. The number of hydrogen-bond acceptors (Lipinski definition) is 5. The number of amides is 1. The number of nitrogens with zero attached hydrogens (tertiary/aromatic N) is 1. The summed E-state index contributed by atoms with van der Waals surface area (Å²) in [6.45, 7) is 1.97. The number of anilines is 1. The summed E-state index contributed by atoms with van der Waals surface area (Å²) in [4.78, 5) is 29.4. The van der Waals surface area contributed by atoms with Crippen LogP contribution >= 0.6 is 27.3 Å². The minimum Gasteiger partial charge on any atom is -0.465 e. The molecule has 5 nitrogen and oxygen atoms in total. The minimum atomic E-state index is -0.438. The van der Waals surface area contributed by atoms with Crippen LogP contribution in [-0.4, -0.2) is 24.0 Å². The minimum absolute atomic E-state index is 0.280. The zero-order valence-electron chi connectivity index (χ0n) is 14.1. The summed E-state index contributed by atoms with van der Waals surface area (Å²) >= 11 is 4.83. The van der Waals surface area contributed by atoms with Crippen molar-refractivity contribution in [3.8, 4) is 11.3 Å². The van der Waals surface area contributed by atoms with Gasteiger partial charge in [0.2, 0.25) is 0 Å². The van der Waals surface area contributed by atoms with Crippen LogP contribution in [0.5, 0.6) is 0 Å². The third-order valence-corrected chi connectivity index (χ3v) is 5.12. The number of nitrogens with one attached hydrogen (secondary N) is 1. The summed E-state index contributed by atoms with van der Waals surface area (Å²) in [6, 6.07) is 14.1. The van der Waals surface area contributed by atoms with Crippen LogP contribution in [0.25, 0.3) is 11.3 Å². The van der Waals surface area contributed by atoms with Gasteiger partial charge >= 0.3 is 5.97 Å². The molecule has 0 aliphatic rings. The van der Waals surface area contributed by atoms with Gasteiger partial charge in [-0.3, -0.25) is 10.1 Å². The number of rotatable bonds is 4. The predicted octanol–water partition coefficient (Wildman–Crippen LogP) is 4.92. The van der Waals surface area contributed by atoms with Crippen LogP contribution in [0.3, 0.4) is 0 Å². The maximum absolute atomic E-state index is 12.4. The van der Waals surface area contributed by atoms with Gasteiger partial charge in [0, 0.05) is 20.5 Å². The highest BCUT2D eigenvalue weighted by Gasteiger charge is 2.14. The zero-order chi connectivity index (χ0) is 18.7. The number of methoxy groups -OCH3 is 1. The van der Waals surface area contributed by atoms with Gasteiger partial charge in [0.05, 0.1) is 18.4 Å². The van der Waals surface area contributed by atoms with Crippen molar-refractivity contribution >= 4 is 44.3 Å². The van der Waals surface area contributed by atoms with Crippen molar-refractivity contribution in [3.63, 3.8) is 0 Å². The number of halogens is 1. The second-order valence-electron chi connectivity index (χ2n) is 5.45. The third-order valence-electron chi connectivity index (χ3n) is 3.70. The number of hydrogen-bond donors (Lipinski definition) is 1. The van der Waals surface area contributed by atoms with Crippen LogP contribution in [0.4, 0.5) is 5.13 Å². The third kappa shape index (κ3) is 4.00. The zero-order valence-corrected chi connectivity index (χ0v) is 16.5. The van der Waals surface area contributed by atoms with E-state index in [4.69, 9.17) is 0 Å². The van der Waals surface area contributed by atoms with Gasteiger partial charge in [-0.15, -0.1) is 11.3 Å². The van der Waals surface area contributed by atoms with Crippen molar-refractivity contribution in [1.82, 2.24) is 4.98 Å². The molecule has 1 amide bonds. The molecular formula is C19H15BrN2O3S. The van der Waals surface area contributed by atoms with Gasteiger partial charge < -0.3 is 4.74 Å². The second kappa shape index (κ2) is 7.80. The molecule has 1 heterocycles. The van der Waals surface area contributed by atoms with Gasteiger partial charge in [0.25, 0.3) is 5.91 Å². The number of aryl methyl sites for hydroxylation is 1. The molecule has 0 fully saturated rings. The van der Waals surface area contributed by atoms with E-state index in [1.165, 1.54) is 18.4 Å². The van der Waals surface area contributed by atoms with Crippen LogP contribution in [0.2, 0.25) is 0 Å². The first-order chi connectivity index (χ1) is 12.5. The van der Waals surface area contributed by atoms with E-state index in [0.29, 0.717) is 16.3 Å². The lowest BCUT2D eigenvalue weighted by Crippen LogP contribution is -2.12. The smallest absolute Gasteiger partial charge is 0.337 e. The second-order valence-corrected chi connectivity index (χ2v) is 7.57. The number of carbonyl (C=O) groups excluding carboxylic acids is 2. The number of carbonyl (C=O) groups is 2. The van der Waals surface area contributed by atoms with E-state index in [0.717, 1.165) is 20.6 Å². The lowest BCUT2D eigenvalue weighted by atomic mass is 10.1. The average Bonchev–Trinajstić information content (AvgIpc) is 3.02. The molecule has 1 aromatic heterocycles. The Morgan fingerprint density at radius 3 is 2.27 bits per heavy atom. The molecule has 26 heavy (non-hydrogen) atoms. The van der Waals surface area contributed by atoms with E-state index in [1.54, 1.807) is 24.3 Å². The summed E-state index contributed by atoms with van der Waals surface area (Å²) in [5, 5.41) is 3.34. The van der Waals surface area contributed by atoms with E-state index in [9.17, 15) is 9.59 Å². The van der Waals surface area contributed by atoms with Crippen LogP contribution in [0.15, 0.2) is 53.0 Å². The Morgan fingerprint density at radius 1 is 1.04 bits per heavy atom. The summed E-state index contributed by atoms with van der Waals surface area (Å²) < 4.78 is 5.65. The first kappa shape index (κ1) is 18.3. The van der Waals surface area contributed by atoms with E-state index >= 15 is 0 Å². The molecule has 0 saturated heterocycles. The van der Waals surface area contributed by atoms with Crippen molar-refractivity contribution < 1.29 is 14.3 Å². The van der Waals surface area contributed by atoms with E-state index in [1.807, 2.05) is 31.2 Å². The molecule has 3 aromatic rings. The lowest BCUT2D eigenvalue weighted by molar-refractivity contribution is 0.0600. The van der Waals surface area contributed by atoms with Gasteiger partial charge in [0.15, 0.2) is 5.13 Å². The molecule has 0 aliphatic carbocycles. The fourth-order valence-electron chi connectivity index (χ4n) is 2.37. The Balaban J connectivity index is 1.76. The summed E-state index contributed by atoms with van der Waals surface area (Å²) in [5.41, 5.74) is 2.67.